The molecule has 1 atom stereocenters. The van der Waals surface area contributed by atoms with Gasteiger partial charge >= 0.3 is 5.69 Å². The number of hydrogen-bond donors (Lipinski definition) is 1. The fourth-order valence-corrected chi connectivity index (χ4v) is 5.34. The van der Waals surface area contributed by atoms with E-state index in [-0.39, 0.29) is 19.0 Å². The monoisotopic (exact) mass is 514 g/mol. The number of nitrogens with zero attached hydrogens (tertiary/aromatic N) is 5. The molecule has 1 aromatic carbocycles. The lowest BCUT2D eigenvalue weighted by atomic mass is 10.1. The highest BCUT2D eigenvalue weighted by Gasteiger charge is 2.26. The summed E-state index contributed by atoms with van der Waals surface area (Å²) in [6.45, 7) is 7.00. The first kappa shape index (κ1) is 25.3. The summed E-state index contributed by atoms with van der Waals surface area (Å²) in [5.41, 5.74) is -0.0229. The summed E-state index contributed by atoms with van der Waals surface area (Å²) >= 11 is 1.21. The smallest absolute Gasteiger partial charge is 0.332 e. The van der Waals surface area contributed by atoms with Crippen molar-refractivity contribution in [1.29, 1.82) is 0 Å². The van der Waals surface area contributed by atoms with E-state index < -0.39 is 29.0 Å². The number of fused-ring (bicyclic) bond motifs is 1. The van der Waals surface area contributed by atoms with Gasteiger partial charge < -0.3 is 10.1 Å². The Kier molecular flexibility index (Phi) is 7.07. The van der Waals surface area contributed by atoms with Gasteiger partial charge in [0.1, 0.15) is 27.4 Å². The van der Waals surface area contributed by atoms with Gasteiger partial charge in [0, 0.05) is 18.2 Å². The van der Waals surface area contributed by atoms with E-state index >= 15 is 0 Å². The van der Waals surface area contributed by atoms with Crippen LogP contribution in [-0.4, -0.2) is 43.2 Å². The molecule has 0 saturated carbocycles. The van der Waals surface area contributed by atoms with E-state index in [9.17, 15) is 18.8 Å². The first-order valence-corrected chi connectivity index (χ1v) is 12.2. The fraction of sp³-hybridized carbons (Fsp3) is 0.375. The molecule has 0 radical (unpaired) electrons. The van der Waals surface area contributed by atoms with Crippen LogP contribution < -0.4 is 21.3 Å². The number of carbonyl (C=O) groups excluding carboxylic acids is 1. The summed E-state index contributed by atoms with van der Waals surface area (Å²) in [6, 6.07) is 2.97. The number of thiophene rings is 1. The van der Waals surface area contributed by atoms with Crippen LogP contribution in [-0.2, 0) is 17.8 Å². The highest BCUT2D eigenvalue weighted by atomic mass is 32.1. The standard InChI is InChI=1S/C24H27FN6O4S/c1-13(2)28-20(32)15(4)30-21(33)19-14(3)22(31-26-9-10-27-31)36-23(19)29(24(30)34)11-8-16-12-17(25)6-7-18(16)35-5/h6-7,9-10,12-13,15H,8,11H2,1-5H3,(H,28,32)/t15-/m1/s1. The molecule has 10 nitrogen and oxygen atoms in total. The maximum Gasteiger partial charge on any atom is 0.332 e. The van der Waals surface area contributed by atoms with Crippen LogP contribution >= 0.6 is 11.3 Å². The van der Waals surface area contributed by atoms with Crippen LogP contribution in [0.3, 0.4) is 0 Å². The number of hydrogen-bond acceptors (Lipinski definition) is 7. The third-order valence-corrected chi connectivity index (χ3v) is 7.14. The number of amides is 1. The zero-order valence-electron chi connectivity index (χ0n) is 20.6. The van der Waals surface area contributed by atoms with E-state index in [1.807, 2.05) is 0 Å². The van der Waals surface area contributed by atoms with E-state index in [0.29, 0.717) is 32.1 Å². The van der Waals surface area contributed by atoms with Crippen molar-refractivity contribution in [3.05, 3.63) is 68.4 Å². The molecule has 4 rings (SSSR count). The van der Waals surface area contributed by atoms with Crippen LogP contribution in [0.5, 0.6) is 5.75 Å². The Balaban J connectivity index is 1.92. The Hall–Kier alpha value is -3.80. The van der Waals surface area contributed by atoms with Crippen LogP contribution in [0.4, 0.5) is 4.39 Å². The van der Waals surface area contributed by atoms with Gasteiger partial charge in [0.05, 0.1) is 24.9 Å². The Morgan fingerprint density at radius 2 is 1.89 bits per heavy atom. The van der Waals surface area contributed by atoms with Gasteiger partial charge in [-0.25, -0.2) is 13.8 Å². The summed E-state index contributed by atoms with van der Waals surface area (Å²) in [5.74, 6) is -0.377. The normalized spacial score (nSPS) is 12.3. The van der Waals surface area contributed by atoms with Crippen molar-refractivity contribution in [2.45, 2.75) is 52.7 Å². The molecule has 0 saturated heterocycles. The van der Waals surface area contributed by atoms with Crippen molar-refractivity contribution in [1.82, 2.24) is 29.4 Å². The largest absolute Gasteiger partial charge is 0.496 e. The molecule has 1 N–H and O–H groups in total. The average Bonchev–Trinajstić information content (AvgIpc) is 3.46. The average molecular weight is 515 g/mol. The molecule has 3 heterocycles. The quantitative estimate of drug-likeness (QED) is 0.387. The number of aryl methyl sites for hydroxylation is 3. The van der Waals surface area contributed by atoms with E-state index in [4.69, 9.17) is 4.74 Å². The van der Waals surface area contributed by atoms with Gasteiger partial charge in [-0.05, 0) is 57.9 Å². The van der Waals surface area contributed by atoms with Crippen molar-refractivity contribution >= 4 is 27.5 Å². The van der Waals surface area contributed by atoms with Crippen LogP contribution in [0.15, 0.2) is 40.2 Å². The predicted octanol–water partition coefficient (Wildman–Crippen LogP) is 2.59. The van der Waals surface area contributed by atoms with Crippen LogP contribution in [0.25, 0.3) is 15.2 Å². The van der Waals surface area contributed by atoms with Gasteiger partial charge in [0.25, 0.3) is 5.56 Å². The zero-order valence-corrected chi connectivity index (χ0v) is 21.4. The number of methoxy groups -OCH3 is 1. The van der Waals surface area contributed by atoms with Crippen LogP contribution in [0, 0.1) is 12.7 Å². The van der Waals surface area contributed by atoms with Crippen molar-refractivity contribution in [2.24, 2.45) is 0 Å². The molecule has 0 aliphatic carbocycles. The third-order valence-electron chi connectivity index (χ3n) is 5.86. The van der Waals surface area contributed by atoms with E-state index in [1.54, 1.807) is 20.8 Å². The second kappa shape index (κ2) is 10.1. The van der Waals surface area contributed by atoms with Crippen molar-refractivity contribution in [2.75, 3.05) is 7.11 Å². The number of nitrogens with one attached hydrogen (secondary N) is 1. The molecule has 4 aromatic rings. The number of halogens is 1. The molecule has 12 heteroatoms. The molecule has 0 fully saturated rings. The lowest BCUT2D eigenvalue weighted by Gasteiger charge is -2.19. The van der Waals surface area contributed by atoms with Gasteiger partial charge in [0.15, 0.2) is 0 Å². The third kappa shape index (κ3) is 4.55. The summed E-state index contributed by atoms with van der Waals surface area (Å²) in [7, 11) is 1.49. The molecule has 0 bridgehead atoms. The Morgan fingerprint density at radius 1 is 1.19 bits per heavy atom. The number of rotatable bonds is 8. The van der Waals surface area contributed by atoms with Gasteiger partial charge in [-0.2, -0.15) is 10.2 Å². The van der Waals surface area contributed by atoms with Gasteiger partial charge in [-0.3, -0.25) is 14.2 Å². The first-order chi connectivity index (χ1) is 17.1. The number of carbonyl (C=O) groups is 1. The van der Waals surface area contributed by atoms with E-state index in [1.165, 1.54) is 65.3 Å². The maximum atomic E-state index is 13.9. The molecule has 36 heavy (non-hydrogen) atoms. The lowest BCUT2D eigenvalue weighted by molar-refractivity contribution is -0.124. The molecular formula is C24H27FN6O4S. The summed E-state index contributed by atoms with van der Waals surface area (Å²) in [6.07, 6.45) is 3.29. The number of aromatic nitrogens is 5. The zero-order chi connectivity index (χ0) is 26.1. The number of benzene rings is 1. The van der Waals surface area contributed by atoms with Crippen molar-refractivity contribution in [3.63, 3.8) is 0 Å². The topological polar surface area (TPSA) is 113 Å². The van der Waals surface area contributed by atoms with Gasteiger partial charge in [-0.1, -0.05) is 11.3 Å². The summed E-state index contributed by atoms with van der Waals surface area (Å²) < 4.78 is 21.7. The maximum absolute atomic E-state index is 13.9. The molecule has 0 unspecified atom stereocenters. The Morgan fingerprint density at radius 3 is 2.53 bits per heavy atom. The Labute approximate surface area is 209 Å². The summed E-state index contributed by atoms with van der Waals surface area (Å²) in [4.78, 5) is 41.9. The highest BCUT2D eigenvalue weighted by molar-refractivity contribution is 7.21. The van der Waals surface area contributed by atoms with E-state index in [2.05, 4.69) is 15.5 Å². The van der Waals surface area contributed by atoms with Gasteiger partial charge in [-0.15, -0.1) is 4.80 Å². The van der Waals surface area contributed by atoms with Crippen LogP contribution in [0.1, 0.15) is 37.9 Å². The molecule has 0 aliphatic heterocycles. The van der Waals surface area contributed by atoms with Crippen molar-refractivity contribution < 1.29 is 13.9 Å². The minimum absolute atomic E-state index is 0.125. The van der Waals surface area contributed by atoms with Gasteiger partial charge in [0.2, 0.25) is 5.91 Å². The molecule has 1 amide bonds. The highest BCUT2D eigenvalue weighted by Crippen LogP contribution is 2.31. The second-order valence-electron chi connectivity index (χ2n) is 8.69. The Bertz CT molecular complexity index is 1540. The minimum Gasteiger partial charge on any atom is -0.496 e. The molecule has 3 aromatic heterocycles. The van der Waals surface area contributed by atoms with E-state index in [0.717, 1.165) is 4.57 Å². The summed E-state index contributed by atoms with van der Waals surface area (Å²) in [5, 5.41) is 12.0. The molecule has 0 spiro atoms. The number of ether oxygens (including phenoxy) is 1. The lowest BCUT2D eigenvalue weighted by Crippen LogP contribution is -2.47. The molecule has 190 valence electrons. The predicted molar refractivity (Wildman–Crippen MR) is 135 cm³/mol. The fourth-order valence-electron chi connectivity index (χ4n) is 4.10. The molecular weight excluding hydrogens is 487 g/mol. The molecule has 0 aliphatic rings. The van der Waals surface area contributed by atoms with Crippen LogP contribution in [0.2, 0.25) is 0 Å². The minimum atomic E-state index is -1.04. The van der Waals surface area contributed by atoms with Crippen molar-refractivity contribution in [3.8, 4) is 10.8 Å². The first-order valence-electron chi connectivity index (χ1n) is 11.4. The second-order valence-corrected chi connectivity index (χ2v) is 9.66. The SMILES string of the molecule is COc1ccc(F)cc1CCn1c(=O)n([C@H](C)C(=O)NC(C)C)c(=O)c2c(C)c(-n3nccn3)sc21.